The van der Waals surface area contributed by atoms with Gasteiger partial charge in [0.1, 0.15) is 29.8 Å². The van der Waals surface area contributed by atoms with Crippen molar-refractivity contribution in [2.24, 2.45) is 11.6 Å². The zero-order valence-electron chi connectivity index (χ0n) is 17.4. The minimum atomic E-state index is -0.438. The van der Waals surface area contributed by atoms with Crippen LogP contribution in [0.25, 0.3) is 5.70 Å². The Kier molecular flexibility index (Phi) is 7.43. The average Bonchev–Trinajstić information content (AvgIpc) is 3.15. The van der Waals surface area contributed by atoms with Crippen LogP contribution >= 0.6 is 46.3 Å². The third kappa shape index (κ3) is 5.13. The van der Waals surface area contributed by atoms with Crippen LogP contribution in [0.4, 0.5) is 0 Å². The van der Waals surface area contributed by atoms with E-state index in [0.29, 0.717) is 28.0 Å². The van der Waals surface area contributed by atoms with Crippen LogP contribution in [0.1, 0.15) is 19.5 Å². The van der Waals surface area contributed by atoms with E-state index >= 15 is 0 Å². The maximum atomic E-state index is 11.5. The monoisotopic (exact) mass is 518 g/mol. The maximum absolute atomic E-state index is 11.5. The van der Waals surface area contributed by atoms with E-state index in [2.05, 4.69) is 4.98 Å². The summed E-state index contributed by atoms with van der Waals surface area (Å²) < 4.78 is 18.4. The third-order valence-corrected chi connectivity index (χ3v) is 7.65. The summed E-state index contributed by atoms with van der Waals surface area (Å²) >= 11 is 14.8. The molecule has 4 rings (SSSR count). The minimum Gasteiger partial charge on any atom is -0.396 e. The Bertz CT molecular complexity index is 1050. The molecule has 5 N–H and O–H groups in total. The summed E-state index contributed by atoms with van der Waals surface area (Å²) in [4.78, 5) is 14.9. The van der Waals surface area contributed by atoms with Crippen LogP contribution in [0.5, 0.6) is 0 Å². The molecule has 2 fully saturated rings. The number of fused-ring (bicyclic) bond motifs is 1. The number of nitrogens with one attached hydrogen (secondary N) is 1. The Morgan fingerprint density at radius 3 is 2.78 bits per heavy atom. The third-order valence-electron chi connectivity index (χ3n) is 5.11. The first kappa shape index (κ1) is 23.9. The normalized spacial score (nSPS) is 27.8. The summed E-state index contributed by atoms with van der Waals surface area (Å²) in [5.74, 6) is 6.47. The predicted octanol–water partition coefficient (Wildman–Crippen LogP) is 3.25. The van der Waals surface area contributed by atoms with Crippen LogP contribution in [0, 0.1) is 0 Å². The summed E-state index contributed by atoms with van der Waals surface area (Å²) in [6, 6.07) is 5.07. The number of rotatable bonds is 7. The fourth-order valence-electron chi connectivity index (χ4n) is 3.63. The van der Waals surface area contributed by atoms with Gasteiger partial charge in [-0.15, -0.1) is 0 Å². The quantitative estimate of drug-likeness (QED) is 0.377. The van der Waals surface area contributed by atoms with Crippen molar-refractivity contribution in [2.75, 3.05) is 6.61 Å². The molecule has 1 aromatic heterocycles. The number of aromatic nitrogens is 1. The van der Waals surface area contributed by atoms with E-state index in [1.165, 1.54) is 16.8 Å². The molecule has 2 aromatic rings. The van der Waals surface area contributed by atoms with E-state index < -0.39 is 6.10 Å². The first-order valence-corrected chi connectivity index (χ1v) is 12.5. The van der Waals surface area contributed by atoms with Gasteiger partial charge in [-0.3, -0.25) is 4.79 Å². The molecule has 0 spiro atoms. The van der Waals surface area contributed by atoms with Crippen molar-refractivity contribution in [3.63, 3.8) is 0 Å². The number of nitrogens with zero attached hydrogens (tertiary/aromatic N) is 1. The topological polar surface area (TPSA) is 116 Å². The highest BCUT2D eigenvalue weighted by Gasteiger charge is 2.54. The molecule has 3 heterocycles. The van der Waals surface area contributed by atoms with Crippen molar-refractivity contribution in [2.45, 2.75) is 54.6 Å². The summed E-state index contributed by atoms with van der Waals surface area (Å²) in [6.07, 6.45) is 0.660. The zero-order valence-corrected chi connectivity index (χ0v) is 20.5. The van der Waals surface area contributed by atoms with Gasteiger partial charge in [0.2, 0.25) is 0 Å². The molecule has 2 aliphatic rings. The average molecular weight is 519 g/mol. The molecule has 0 radical (unpaired) electrons. The molecule has 32 heavy (non-hydrogen) atoms. The Balaban J connectivity index is 1.62. The molecular weight excluding hydrogens is 495 g/mol. The molecule has 1 aromatic carbocycles. The van der Waals surface area contributed by atoms with E-state index in [1.54, 1.807) is 23.7 Å². The Hall–Kier alpha value is -1.24. The van der Waals surface area contributed by atoms with Crippen LogP contribution in [0.15, 0.2) is 39.5 Å². The van der Waals surface area contributed by atoms with Gasteiger partial charge in [-0.25, -0.2) is 5.84 Å². The molecule has 5 atom stereocenters. The number of aromatic amines is 1. The second-order valence-corrected chi connectivity index (χ2v) is 10.6. The first-order chi connectivity index (χ1) is 15.2. The van der Waals surface area contributed by atoms with Gasteiger partial charge in [-0.1, -0.05) is 46.3 Å². The maximum Gasteiger partial charge on any atom is 0.304 e. The second-order valence-electron chi connectivity index (χ2n) is 7.77. The lowest BCUT2D eigenvalue weighted by atomic mass is 9.92. The van der Waals surface area contributed by atoms with Gasteiger partial charge in [0, 0.05) is 16.5 Å². The smallest absolute Gasteiger partial charge is 0.304 e. The summed E-state index contributed by atoms with van der Waals surface area (Å²) in [6.45, 7) is 4.37. The molecule has 0 saturated carbocycles. The van der Waals surface area contributed by atoms with Crippen molar-refractivity contribution in [3.05, 3.63) is 55.2 Å². The number of hydrazine groups is 1. The van der Waals surface area contributed by atoms with Crippen LogP contribution in [0.2, 0.25) is 10.0 Å². The molecule has 0 aliphatic carbocycles. The number of ether oxygens (including phenoxy) is 3. The van der Waals surface area contributed by atoms with Crippen LogP contribution in [0.3, 0.4) is 0 Å². The lowest BCUT2D eigenvalue weighted by Crippen LogP contribution is -2.70. The second kappa shape index (κ2) is 9.94. The zero-order chi connectivity index (χ0) is 23.0. The Morgan fingerprint density at radius 1 is 1.41 bits per heavy atom. The van der Waals surface area contributed by atoms with E-state index in [9.17, 15) is 4.79 Å². The largest absolute Gasteiger partial charge is 0.396 e. The van der Waals surface area contributed by atoms with Gasteiger partial charge in [0.25, 0.3) is 0 Å². The van der Waals surface area contributed by atoms with Gasteiger partial charge >= 0.3 is 4.87 Å². The van der Waals surface area contributed by atoms with Crippen molar-refractivity contribution >= 4 is 52.0 Å². The highest BCUT2D eigenvalue weighted by Crippen LogP contribution is 2.41. The van der Waals surface area contributed by atoms with Gasteiger partial charge in [-0.2, -0.15) is 0 Å². The number of thiazole rings is 1. The SMILES string of the molecule is CC(C)OC1C(Sc2ccc(Cl)c(Cl)c2)OC2COC2C1N(N)/C=C(\N)c1csc(=O)[nH]1. The number of halogens is 2. The fourth-order valence-corrected chi connectivity index (χ4v) is 5.74. The summed E-state index contributed by atoms with van der Waals surface area (Å²) in [5, 5.41) is 4.11. The van der Waals surface area contributed by atoms with Gasteiger partial charge in [0.15, 0.2) is 0 Å². The van der Waals surface area contributed by atoms with Crippen LogP contribution in [-0.2, 0) is 14.2 Å². The standard InChI is InChI=1S/C20H24Cl2N4O4S2/c1-9(2)29-18-16(26(24)6-13(23)14-8-31-20(27)25-14)17-15(7-28-17)30-19(18)32-10-3-4-11(21)12(22)5-10/h3-6,8-9,15-19H,7,23-24H2,1-2H3,(H,25,27)/b13-6-. The number of hydrogen-bond donors (Lipinski definition) is 3. The lowest BCUT2D eigenvalue weighted by Gasteiger charge is -2.53. The Morgan fingerprint density at radius 2 is 2.19 bits per heavy atom. The fraction of sp³-hybridized carbons (Fsp3) is 0.450. The van der Waals surface area contributed by atoms with Crippen LogP contribution < -0.4 is 16.4 Å². The summed E-state index contributed by atoms with van der Waals surface area (Å²) in [7, 11) is 0. The van der Waals surface area contributed by atoms with Crippen LogP contribution in [-0.4, -0.2) is 52.5 Å². The number of nitrogens with two attached hydrogens (primary N) is 2. The first-order valence-electron chi connectivity index (χ1n) is 9.95. The molecule has 2 aliphatic heterocycles. The van der Waals surface area contributed by atoms with Gasteiger partial charge < -0.3 is 29.9 Å². The minimum absolute atomic E-state index is 0.0809. The molecule has 2 saturated heterocycles. The van der Waals surface area contributed by atoms with Gasteiger partial charge in [-0.05, 0) is 32.0 Å². The predicted molar refractivity (Wildman–Crippen MR) is 128 cm³/mol. The molecule has 12 heteroatoms. The van der Waals surface area contributed by atoms with Crippen molar-refractivity contribution in [1.82, 2.24) is 9.99 Å². The summed E-state index contributed by atoms with van der Waals surface area (Å²) in [5.41, 5.74) is 6.66. The molecule has 8 nitrogen and oxygen atoms in total. The highest BCUT2D eigenvalue weighted by atomic mass is 35.5. The molecule has 0 amide bonds. The van der Waals surface area contributed by atoms with Crippen molar-refractivity contribution < 1.29 is 14.2 Å². The van der Waals surface area contributed by atoms with Crippen molar-refractivity contribution in [1.29, 1.82) is 0 Å². The molecule has 5 unspecified atom stereocenters. The van der Waals surface area contributed by atoms with E-state index in [-0.39, 0.29) is 34.7 Å². The molecular formula is C20H24Cl2N4O4S2. The number of benzene rings is 1. The van der Waals surface area contributed by atoms with E-state index in [1.807, 2.05) is 19.9 Å². The molecule has 0 bridgehead atoms. The Labute approximate surface area is 203 Å². The molecule has 174 valence electrons. The number of thioether (sulfide) groups is 1. The highest BCUT2D eigenvalue weighted by molar-refractivity contribution is 7.99. The number of H-pyrrole nitrogens is 1. The van der Waals surface area contributed by atoms with E-state index in [4.69, 9.17) is 49.0 Å². The van der Waals surface area contributed by atoms with Gasteiger partial charge in [0.05, 0.1) is 34.1 Å². The number of hydrogen-bond acceptors (Lipinski definition) is 9. The van der Waals surface area contributed by atoms with Crippen molar-refractivity contribution in [3.8, 4) is 0 Å². The lowest BCUT2D eigenvalue weighted by molar-refractivity contribution is -0.279. The van der Waals surface area contributed by atoms with E-state index in [0.717, 1.165) is 16.2 Å².